The normalized spacial score (nSPS) is 13.3. The van der Waals surface area contributed by atoms with Crippen LogP contribution < -0.4 is 21.7 Å². The van der Waals surface area contributed by atoms with Gasteiger partial charge in [0.05, 0.1) is 6.42 Å². The van der Waals surface area contributed by atoms with Gasteiger partial charge in [-0.05, 0) is 59.9 Å². The van der Waals surface area contributed by atoms with E-state index in [0.717, 1.165) is 0 Å². The Morgan fingerprint density at radius 1 is 0.733 bits per heavy atom. The summed E-state index contributed by atoms with van der Waals surface area (Å²) in [6.07, 6.45) is -3.02. The van der Waals surface area contributed by atoms with Gasteiger partial charge in [0.1, 0.15) is 35.9 Å². The Balaban J connectivity index is 3.20. The first kappa shape index (κ1) is 38.3. The molecular formula is C30H44N4O11. The molecule has 1 aromatic carbocycles. The molecule has 3 atom stereocenters. The second-order valence-electron chi connectivity index (χ2n) is 12.1. The van der Waals surface area contributed by atoms with Crippen LogP contribution in [0.1, 0.15) is 79.2 Å². The molecule has 1 rings (SSSR count). The molecule has 0 aliphatic carbocycles. The van der Waals surface area contributed by atoms with E-state index >= 15 is 0 Å². The number of nitrogens with one attached hydrogen (secondary N) is 3. The van der Waals surface area contributed by atoms with E-state index in [4.69, 9.17) is 19.9 Å². The number of rotatable bonds is 16. The molecule has 0 aromatic heterocycles. The highest BCUT2D eigenvalue weighted by molar-refractivity contribution is 5.95. The van der Waals surface area contributed by atoms with Crippen molar-refractivity contribution >= 4 is 41.7 Å². The average molecular weight is 637 g/mol. The number of aliphatic carboxylic acids is 1. The Labute approximate surface area is 261 Å². The molecule has 0 radical (unpaired) electrons. The van der Waals surface area contributed by atoms with E-state index in [1.54, 1.807) is 71.9 Å². The van der Waals surface area contributed by atoms with Gasteiger partial charge in [-0.1, -0.05) is 30.3 Å². The van der Waals surface area contributed by atoms with Crippen molar-refractivity contribution in [3.05, 3.63) is 35.9 Å². The molecule has 4 amide bonds. The Morgan fingerprint density at radius 2 is 1.24 bits per heavy atom. The first-order valence-corrected chi connectivity index (χ1v) is 14.3. The van der Waals surface area contributed by atoms with Gasteiger partial charge in [-0.2, -0.15) is 0 Å². The number of carboxylic acids is 1. The summed E-state index contributed by atoms with van der Waals surface area (Å²) in [5.74, 6) is -5.90. The molecule has 0 spiro atoms. The fourth-order valence-corrected chi connectivity index (χ4v) is 3.68. The zero-order valence-electron chi connectivity index (χ0n) is 26.5. The van der Waals surface area contributed by atoms with Gasteiger partial charge >= 0.3 is 24.0 Å². The number of nitrogens with two attached hydrogens (primary N) is 1. The molecule has 45 heavy (non-hydrogen) atoms. The first-order valence-electron chi connectivity index (χ1n) is 14.3. The number of ether oxygens (including phenoxy) is 3. The summed E-state index contributed by atoms with van der Waals surface area (Å²) in [6.45, 7) is 9.59. The number of carbonyl (C=O) groups excluding carboxylic acids is 6. The van der Waals surface area contributed by atoms with E-state index in [2.05, 4.69) is 16.0 Å². The number of alkyl carbamates (subject to hydrolysis) is 1. The minimum atomic E-state index is -1.67. The fraction of sp³-hybridized carbons (Fsp3) is 0.567. The summed E-state index contributed by atoms with van der Waals surface area (Å²) in [5, 5.41) is 16.4. The SMILES string of the molecule is CC(C)(C)OC(=O)CC[C@H](NC(=O)OCc1ccccc1)C(=O)N[C@H](CC(=O)OC(C)(C)C)C(=O)N[C@H](CCC(N)=O)C(=O)O. The van der Waals surface area contributed by atoms with Crippen LogP contribution in [0.15, 0.2) is 30.3 Å². The second-order valence-corrected chi connectivity index (χ2v) is 12.1. The van der Waals surface area contributed by atoms with Crippen LogP contribution in [-0.2, 0) is 49.6 Å². The molecule has 1 aromatic rings. The Kier molecular flexibility index (Phi) is 15.0. The fourth-order valence-electron chi connectivity index (χ4n) is 3.68. The van der Waals surface area contributed by atoms with Crippen molar-refractivity contribution in [1.29, 1.82) is 0 Å². The molecule has 0 saturated heterocycles. The lowest BCUT2D eigenvalue weighted by Gasteiger charge is -2.26. The van der Waals surface area contributed by atoms with Crippen LogP contribution in [0.25, 0.3) is 0 Å². The van der Waals surface area contributed by atoms with Gasteiger partial charge in [0.15, 0.2) is 0 Å². The van der Waals surface area contributed by atoms with Gasteiger partial charge in [0.25, 0.3) is 0 Å². The Hall–Kier alpha value is -4.69. The first-order chi connectivity index (χ1) is 20.8. The lowest BCUT2D eigenvalue weighted by molar-refractivity contribution is -0.157. The van der Waals surface area contributed by atoms with Crippen LogP contribution in [0, 0.1) is 0 Å². The number of hydrogen-bond donors (Lipinski definition) is 5. The van der Waals surface area contributed by atoms with E-state index < -0.39 is 77.5 Å². The number of amides is 4. The predicted molar refractivity (Wildman–Crippen MR) is 159 cm³/mol. The van der Waals surface area contributed by atoms with Gasteiger partial charge in [0, 0.05) is 12.8 Å². The highest BCUT2D eigenvalue weighted by Gasteiger charge is 2.33. The third-order valence-electron chi connectivity index (χ3n) is 5.60. The third kappa shape index (κ3) is 17.3. The van der Waals surface area contributed by atoms with Crippen molar-refractivity contribution in [2.75, 3.05) is 0 Å². The number of carbonyl (C=O) groups is 7. The quantitative estimate of drug-likeness (QED) is 0.129. The average Bonchev–Trinajstić information content (AvgIpc) is 2.89. The maximum atomic E-state index is 13.4. The van der Waals surface area contributed by atoms with Crippen molar-refractivity contribution in [2.24, 2.45) is 5.73 Å². The van der Waals surface area contributed by atoms with E-state index in [-0.39, 0.29) is 32.3 Å². The van der Waals surface area contributed by atoms with Crippen LogP contribution in [0.4, 0.5) is 4.79 Å². The third-order valence-corrected chi connectivity index (χ3v) is 5.60. The summed E-state index contributed by atoms with van der Waals surface area (Å²) in [6, 6.07) is 4.01. The van der Waals surface area contributed by atoms with Gasteiger partial charge in [-0.3, -0.25) is 24.0 Å². The highest BCUT2D eigenvalue weighted by Crippen LogP contribution is 2.13. The molecule has 0 heterocycles. The largest absolute Gasteiger partial charge is 0.480 e. The lowest BCUT2D eigenvalue weighted by atomic mass is 10.1. The molecule has 0 aliphatic heterocycles. The Morgan fingerprint density at radius 3 is 1.78 bits per heavy atom. The number of benzene rings is 1. The molecule has 0 unspecified atom stereocenters. The van der Waals surface area contributed by atoms with Crippen molar-refractivity contribution in [3.8, 4) is 0 Å². The van der Waals surface area contributed by atoms with Crippen LogP contribution in [0.5, 0.6) is 0 Å². The second kappa shape index (κ2) is 17.6. The monoisotopic (exact) mass is 636 g/mol. The molecule has 6 N–H and O–H groups in total. The van der Waals surface area contributed by atoms with Gasteiger partial charge in [0.2, 0.25) is 17.7 Å². The van der Waals surface area contributed by atoms with Crippen LogP contribution in [0.2, 0.25) is 0 Å². The molecule has 15 heteroatoms. The van der Waals surface area contributed by atoms with Crippen LogP contribution in [-0.4, -0.2) is 76.2 Å². The van der Waals surface area contributed by atoms with E-state index in [0.29, 0.717) is 5.56 Å². The van der Waals surface area contributed by atoms with Gasteiger partial charge in [-0.25, -0.2) is 9.59 Å². The summed E-state index contributed by atoms with van der Waals surface area (Å²) < 4.78 is 15.7. The summed E-state index contributed by atoms with van der Waals surface area (Å²) in [4.78, 5) is 87.1. The molecule has 15 nitrogen and oxygen atoms in total. The van der Waals surface area contributed by atoms with Crippen LogP contribution in [0.3, 0.4) is 0 Å². The number of carboxylic acid groups (broad SMARTS) is 1. The number of primary amides is 1. The van der Waals surface area contributed by atoms with Crippen molar-refractivity contribution in [3.63, 3.8) is 0 Å². The molecule has 0 fully saturated rings. The van der Waals surface area contributed by atoms with E-state index in [9.17, 15) is 38.7 Å². The molecule has 0 saturated carbocycles. The smallest absolute Gasteiger partial charge is 0.408 e. The summed E-state index contributed by atoms with van der Waals surface area (Å²) in [7, 11) is 0. The standard InChI is InChI=1S/C30H44N4O11/c1-29(2,3)44-23(36)15-13-19(34-28(42)43-17-18-10-8-7-9-11-18)25(38)33-21(16-24(37)45-30(4,5)6)26(39)32-20(27(40)41)12-14-22(31)35/h7-11,19-21H,12-17H2,1-6H3,(H2,31,35)(H,32,39)(H,33,38)(H,34,42)(H,40,41)/t19-,20+,21+/m0/s1. The molecular weight excluding hydrogens is 592 g/mol. The topological polar surface area (TPSA) is 230 Å². The Bertz CT molecular complexity index is 1210. The molecule has 250 valence electrons. The number of esters is 2. The predicted octanol–water partition coefficient (Wildman–Crippen LogP) is 1.45. The molecule has 0 aliphatic rings. The maximum absolute atomic E-state index is 13.4. The lowest BCUT2D eigenvalue weighted by Crippen LogP contribution is -2.56. The zero-order valence-corrected chi connectivity index (χ0v) is 26.5. The molecule has 0 bridgehead atoms. The number of hydrogen-bond acceptors (Lipinski definition) is 10. The van der Waals surface area contributed by atoms with Gasteiger partial charge < -0.3 is 41.0 Å². The van der Waals surface area contributed by atoms with E-state index in [1.165, 1.54) is 0 Å². The van der Waals surface area contributed by atoms with E-state index in [1.807, 2.05) is 0 Å². The van der Waals surface area contributed by atoms with Crippen molar-refractivity contribution in [1.82, 2.24) is 16.0 Å². The zero-order chi connectivity index (χ0) is 34.4. The van der Waals surface area contributed by atoms with Gasteiger partial charge in [-0.15, -0.1) is 0 Å². The summed E-state index contributed by atoms with van der Waals surface area (Å²) >= 11 is 0. The minimum Gasteiger partial charge on any atom is -0.480 e. The van der Waals surface area contributed by atoms with Crippen molar-refractivity contribution < 1.29 is 52.9 Å². The van der Waals surface area contributed by atoms with Crippen LogP contribution >= 0.6 is 0 Å². The minimum absolute atomic E-state index is 0.126. The maximum Gasteiger partial charge on any atom is 0.408 e. The summed E-state index contributed by atoms with van der Waals surface area (Å²) in [5.41, 5.74) is 3.99. The highest BCUT2D eigenvalue weighted by atomic mass is 16.6. The van der Waals surface area contributed by atoms with Crippen molar-refractivity contribution in [2.45, 2.75) is 110 Å².